The first kappa shape index (κ1) is 19.5. The van der Waals surface area contributed by atoms with Gasteiger partial charge in [0, 0.05) is 38.3 Å². The fourth-order valence-electron chi connectivity index (χ4n) is 3.26. The Morgan fingerprint density at radius 3 is 2.42 bits per heavy atom. The van der Waals surface area contributed by atoms with Crippen LogP contribution in [0.2, 0.25) is 0 Å². The van der Waals surface area contributed by atoms with Crippen LogP contribution in [0.4, 0.5) is 0 Å². The van der Waals surface area contributed by atoms with Crippen molar-refractivity contribution < 1.29 is 0 Å². The van der Waals surface area contributed by atoms with Gasteiger partial charge in [0.05, 0.1) is 0 Å². The molecule has 0 bridgehead atoms. The number of nitrogens with zero attached hydrogens (tertiary/aromatic N) is 2. The summed E-state index contributed by atoms with van der Waals surface area (Å²) in [7, 11) is 0. The second-order valence-corrected chi connectivity index (χ2v) is 6.97. The zero-order valence-electron chi connectivity index (χ0n) is 14.9. The van der Waals surface area contributed by atoms with Crippen LogP contribution in [-0.4, -0.2) is 42.6 Å². The second kappa shape index (κ2) is 9.61. The molecule has 2 atom stereocenters. The summed E-state index contributed by atoms with van der Waals surface area (Å²) in [6, 6.07) is 12.0. The summed E-state index contributed by atoms with van der Waals surface area (Å²) in [4.78, 5) is 7.16. The van der Waals surface area contributed by atoms with E-state index >= 15 is 0 Å². The maximum atomic E-state index is 4.60. The third-order valence-electron chi connectivity index (χ3n) is 4.93. The van der Waals surface area contributed by atoms with Gasteiger partial charge in [0.15, 0.2) is 5.96 Å². The predicted molar refractivity (Wildman–Crippen MR) is 112 cm³/mol. The number of benzene rings is 1. The maximum Gasteiger partial charge on any atom is 0.191 e. The minimum absolute atomic E-state index is 0. The fourth-order valence-corrected chi connectivity index (χ4v) is 3.26. The molecule has 1 heterocycles. The van der Waals surface area contributed by atoms with Crippen LogP contribution < -0.4 is 10.6 Å². The van der Waals surface area contributed by atoms with Crippen molar-refractivity contribution in [1.29, 1.82) is 0 Å². The number of hydrogen-bond acceptors (Lipinski definition) is 2. The van der Waals surface area contributed by atoms with Crippen LogP contribution >= 0.6 is 24.0 Å². The van der Waals surface area contributed by atoms with Crippen LogP contribution in [-0.2, 0) is 6.54 Å². The van der Waals surface area contributed by atoms with Crippen molar-refractivity contribution in [2.24, 2.45) is 10.9 Å². The van der Waals surface area contributed by atoms with E-state index < -0.39 is 0 Å². The van der Waals surface area contributed by atoms with Crippen LogP contribution in [0.1, 0.15) is 38.7 Å². The molecule has 1 aliphatic carbocycles. The average molecular weight is 442 g/mol. The largest absolute Gasteiger partial charge is 0.354 e. The Labute approximate surface area is 163 Å². The highest BCUT2D eigenvalue weighted by Gasteiger charge is 2.33. The Morgan fingerprint density at radius 1 is 1.17 bits per heavy atom. The van der Waals surface area contributed by atoms with Crippen molar-refractivity contribution in [2.45, 2.75) is 51.7 Å². The summed E-state index contributed by atoms with van der Waals surface area (Å²) in [6.45, 7) is 8.62. The topological polar surface area (TPSA) is 39.7 Å². The number of hydrogen-bond donors (Lipinski definition) is 2. The van der Waals surface area contributed by atoms with E-state index in [0.29, 0.717) is 12.1 Å². The highest BCUT2D eigenvalue weighted by atomic mass is 127. The van der Waals surface area contributed by atoms with Crippen LogP contribution in [0.25, 0.3) is 0 Å². The summed E-state index contributed by atoms with van der Waals surface area (Å²) in [5, 5.41) is 7.21. The number of likely N-dealkylation sites (tertiary alicyclic amines) is 1. The average Bonchev–Trinajstić information content (AvgIpc) is 3.25. The van der Waals surface area contributed by atoms with Gasteiger partial charge in [-0.2, -0.15) is 0 Å². The number of halogens is 1. The molecule has 0 spiro atoms. The first-order valence-corrected chi connectivity index (χ1v) is 9.08. The molecule has 0 radical (unpaired) electrons. The van der Waals surface area contributed by atoms with Crippen molar-refractivity contribution >= 4 is 29.9 Å². The molecule has 1 saturated carbocycles. The van der Waals surface area contributed by atoms with Gasteiger partial charge in [-0.3, -0.25) is 9.89 Å². The molecular weight excluding hydrogens is 411 g/mol. The van der Waals surface area contributed by atoms with Gasteiger partial charge in [0.25, 0.3) is 0 Å². The molecule has 2 fully saturated rings. The van der Waals surface area contributed by atoms with Crippen LogP contribution in [0.5, 0.6) is 0 Å². The van der Waals surface area contributed by atoms with E-state index in [1.165, 1.54) is 24.8 Å². The molecular formula is C19H31IN4. The molecule has 1 aromatic carbocycles. The third kappa shape index (κ3) is 5.92. The molecule has 1 saturated heterocycles. The van der Waals surface area contributed by atoms with Crippen molar-refractivity contribution in [1.82, 2.24) is 15.5 Å². The van der Waals surface area contributed by atoms with Crippen molar-refractivity contribution in [2.75, 3.05) is 19.6 Å². The van der Waals surface area contributed by atoms with E-state index in [0.717, 1.165) is 38.1 Å². The van der Waals surface area contributed by atoms with Crippen molar-refractivity contribution in [3.8, 4) is 0 Å². The van der Waals surface area contributed by atoms with E-state index in [1.807, 2.05) is 0 Å². The van der Waals surface area contributed by atoms with E-state index in [9.17, 15) is 0 Å². The maximum absolute atomic E-state index is 4.60. The lowest BCUT2D eigenvalue weighted by Crippen LogP contribution is -2.49. The molecule has 0 amide bonds. The summed E-state index contributed by atoms with van der Waals surface area (Å²) in [6.07, 6.45) is 3.66. The molecule has 3 rings (SSSR count). The van der Waals surface area contributed by atoms with Crippen LogP contribution in [0.3, 0.4) is 0 Å². The third-order valence-corrected chi connectivity index (χ3v) is 4.93. The van der Waals surface area contributed by atoms with Crippen LogP contribution in [0, 0.1) is 5.92 Å². The van der Waals surface area contributed by atoms with E-state index in [4.69, 9.17) is 0 Å². The van der Waals surface area contributed by atoms with Crippen molar-refractivity contribution in [3.63, 3.8) is 0 Å². The molecule has 2 unspecified atom stereocenters. The predicted octanol–water partition coefficient (Wildman–Crippen LogP) is 3.23. The monoisotopic (exact) mass is 442 g/mol. The lowest BCUT2D eigenvalue weighted by molar-refractivity contribution is 0.198. The molecule has 5 heteroatoms. The molecule has 1 aromatic rings. The smallest absolute Gasteiger partial charge is 0.191 e. The summed E-state index contributed by atoms with van der Waals surface area (Å²) < 4.78 is 0. The lowest BCUT2D eigenvalue weighted by atomic mass is 10.0. The Kier molecular flexibility index (Phi) is 7.81. The minimum Gasteiger partial charge on any atom is -0.354 e. The van der Waals surface area contributed by atoms with Crippen molar-refractivity contribution in [3.05, 3.63) is 35.9 Å². The highest BCUT2D eigenvalue weighted by molar-refractivity contribution is 14.0. The molecule has 2 N–H and O–H groups in total. The quantitative estimate of drug-likeness (QED) is 0.418. The van der Waals surface area contributed by atoms with Gasteiger partial charge in [0.1, 0.15) is 0 Å². The van der Waals surface area contributed by atoms with Gasteiger partial charge in [-0.25, -0.2) is 0 Å². The standard InChI is InChI=1S/C19H30N4.HI/c1-3-20-19(22-18-13-15(18)2)21-17-9-11-23(12-10-17)14-16-7-5-4-6-8-16;/h4-8,15,17-18H,3,9-14H2,1-2H3,(H2,20,21,22);1H. The molecule has 24 heavy (non-hydrogen) atoms. The van der Waals surface area contributed by atoms with Crippen LogP contribution in [0.15, 0.2) is 35.3 Å². The molecule has 1 aliphatic heterocycles. The molecule has 2 aliphatic rings. The zero-order chi connectivity index (χ0) is 16.1. The summed E-state index contributed by atoms with van der Waals surface area (Å²) in [5.41, 5.74) is 1.41. The molecule has 4 nitrogen and oxygen atoms in total. The highest BCUT2D eigenvalue weighted by Crippen LogP contribution is 2.28. The Balaban J connectivity index is 0.00000208. The number of guanidine groups is 1. The SMILES string of the molecule is CCN=C(NC1CCN(Cc2ccccc2)CC1)NC1CC1C.I. The Bertz CT molecular complexity index is 511. The first-order valence-electron chi connectivity index (χ1n) is 9.08. The molecule has 0 aromatic heterocycles. The molecule has 134 valence electrons. The first-order chi connectivity index (χ1) is 11.2. The van der Waals surface area contributed by atoms with Gasteiger partial charge in [0.2, 0.25) is 0 Å². The number of rotatable bonds is 5. The Morgan fingerprint density at radius 2 is 1.83 bits per heavy atom. The minimum atomic E-state index is 0. The van der Waals surface area contributed by atoms with Gasteiger partial charge >= 0.3 is 0 Å². The van der Waals surface area contributed by atoms with E-state index in [1.54, 1.807) is 0 Å². The summed E-state index contributed by atoms with van der Waals surface area (Å²) >= 11 is 0. The van der Waals surface area contributed by atoms with E-state index in [2.05, 4.69) is 64.7 Å². The fraction of sp³-hybridized carbons (Fsp3) is 0.632. The van der Waals surface area contributed by atoms with E-state index in [-0.39, 0.29) is 24.0 Å². The number of piperidine rings is 1. The number of aliphatic imine (C=N–C) groups is 1. The number of nitrogens with one attached hydrogen (secondary N) is 2. The van der Waals surface area contributed by atoms with Gasteiger partial charge in [-0.05, 0) is 37.7 Å². The lowest BCUT2D eigenvalue weighted by Gasteiger charge is -2.33. The Hall–Kier alpha value is -0.820. The van der Waals surface area contributed by atoms with Gasteiger partial charge < -0.3 is 10.6 Å². The summed E-state index contributed by atoms with van der Waals surface area (Å²) in [5.74, 6) is 1.81. The zero-order valence-corrected chi connectivity index (χ0v) is 17.2. The van der Waals surface area contributed by atoms with Gasteiger partial charge in [-0.15, -0.1) is 24.0 Å². The van der Waals surface area contributed by atoms with Gasteiger partial charge in [-0.1, -0.05) is 37.3 Å². The second-order valence-electron chi connectivity index (χ2n) is 6.97. The normalized spacial score (nSPS) is 25.0.